The van der Waals surface area contributed by atoms with Crippen LogP contribution in [0.2, 0.25) is 0 Å². The molecule has 2 nitrogen and oxygen atoms in total. The van der Waals surface area contributed by atoms with Gasteiger partial charge < -0.3 is 10.6 Å². The molecule has 0 bridgehead atoms. The predicted octanol–water partition coefficient (Wildman–Crippen LogP) is 2.93. The van der Waals surface area contributed by atoms with Crippen LogP contribution in [0.1, 0.15) is 18.4 Å². The molecule has 2 heteroatoms. The largest absolute Gasteiger partial charge is 0.320 e. The van der Waals surface area contributed by atoms with Crippen LogP contribution in [0.5, 0.6) is 0 Å². The summed E-state index contributed by atoms with van der Waals surface area (Å²) >= 11 is 0. The molecule has 0 aliphatic carbocycles. The zero-order chi connectivity index (χ0) is 12.6. The quantitative estimate of drug-likeness (QED) is 0.729. The Morgan fingerprint density at radius 3 is 2.50 bits per heavy atom. The third-order valence-electron chi connectivity index (χ3n) is 3.17. The molecule has 96 valence electrons. The molecule has 0 aliphatic rings. The van der Waals surface area contributed by atoms with Crippen LogP contribution in [-0.2, 0) is 6.54 Å². The monoisotopic (exact) mass is 242 g/mol. The van der Waals surface area contributed by atoms with Crippen LogP contribution in [0.4, 0.5) is 0 Å². The van der Waals surface area contributed by atoms with Crippen molar-refractivity contribution in [3.05, 3.63) is 48.0 Å². The molecule has 0 saturated carbocycles. The summed E-state index contributed by atoms with van der Waals surface area (Å²) in [7, 11) is 2.00. The van der Waals surface area contributed by atoms with Crippen LogP contribution in [-0.4, -0.2) is 20.1 Å². The lowest BCUT2D eigenvalue weighted by atomic mass is 10.1. The van der Waals surface area contributed by atoms with E-state index in [1.807, 2.05) is 7.05 Å². The SMILES string of the molecule is CNCCCCNCc1ccc2ccccc2c1. The number of hydrogen-bond donors (Lipinski definition) is 2. The van der Waals surface area contributed by atoms with Crippen LogP contribution in [0.3, 0.4) is 0 Å². The van der Waals surface area contributed by atoms with Gasteiger partial charge in [-0.25, -0.2) is 0 Å². The van der Waals surface area contributed by atoms with E-state index in [2.05, 4.69) is 53.1 Å². The second-order valence-corrected chi connectivity index (χ2v) is 4.67. The Bertz CT molecular complexity index is 479. The van der Waals surface area contributed by atoms with Crippen LogP contribution in [0.15, 0.2) is 42.5 Å². The second kappa shape index (κ2) is 7.14. The highest BCUT2D eigenvalue weighted by Gasteiger charge is 1.96. The lowest BCUT2D eigenvalue weighted by Gasteiger charge is -2.06. The Labute approximate surface area is 109 Å². The first-order chi connectivity index (χ1) is 8.90. The van der Waals surface area contributed by atoms with E-state index in [0.29, 0.717) is 0 Å². The average Bonchev–Trinajstić information content (AvgIpc) is 2.42. The molecule has 0 atom stereocenters. The fourth-order valence-corrected chi connectivity index (χ4v) is 2.13. The highest BCUT2D eigenvalue weighted by Crippen LogP contribution is 2.15. The summed E-state index contributed by atoms with van der Waals surface area (Å²) in [6.07, 6.45) is 2.47. The van der Waals surface area contributed by atoms with Gasteiger partial charge in [-0.15, -0.1) is 0 Å². The Balaban J connectivity index is 1.81. The summed E-state index contributed by atoms with van der Waals surface area (Å²) in [4.78, 5) is 0. The summed E-state index contributed by atoms with van der Waals surface area (Å²) < 4.78 is 0. The minimum atomic E-state index is 0.963. The first-order valence-electron chi connectivity index (χ1n) is 6.73. The van der Waals surface area contributed by atoms with Crippen molar-refractivity contribution < 1.29 is 0 Å². The lowest BCUT2D eigenvalue weighted by molar-refractivity contribution is 0.606. The van der Waals surface area contributed by atoms with E-state index in [-0.39, 0.29) is 0 Å². The van der Waals surface area contributed by atoms with Crippen LogP contribution >= 0.6 is 0 Å². The molecule has 0 radical (unpaired) electrons. The van der Waals surface area contributed by atoms with Crippen LogP contribution in [0, 0.1) is 0 Å². The molecular weight excluding hydrogens is 220 g/mol. The predicted molar refractivity (Wildman–Crippen MR) is 78.8 cm³/mol. The zero-order valence-electron chi connectivity index (χ0n) is 11.1. The molecule has 0 aromatic heterocycles. The van der Waals surface area contributed by atoms with E-state index in [9.17, 15) is 0 Å². The molecule has 2 aromatic carbocycles. The third kappa shape index (κ3) is 3.83. The summed E-state index contributed by atoms with van der Waals surface area (Å²) in [5, 5.41) is 9.31. The van der Waals surface area contributed by atoms with E-state index < -0.39 is 0 Å². The summed E-state index contributed by atoms with van der Waals surface area (Å²) in [5.41, 5.74) is 1.36. The van der Waals surface area contributed by atoms with Gasteiger partial charge in [0.2, 0.25) is 0 Å². The zero-order valence-corrected chi connectivity index (χ0v) is 11.1. The first-order valence-corrected chi connectivity index (χ1v) is 6.73. The molecule has 0 spiro atoms. The molecule has 0 unspecified atom stereocenters. The van der Waals surface area contributed by atoms with Crippen molar-refractivity contribution in [2.75, 3.05) is 20.1 Å². The topological polar surface area (TPSA) is 24.1 Å². The van der Waals surface area contributed by atoms with E-state index in [1.165, 1.54) is 29.2 Å². The lowest BCUT2D eigenvalue weighted by Crippen LogP contribution is -2.16. The van der Waals surface area contributed by atoms with Crippen molar-refractivity contribution in [3.8, 4) is 0 Å². The second-order valence-electron chi connectivity index (χ2n) is 4.67. The number of unbranched alkanes of at least 4 members (excludes halogenated alkanes) is 1. The Morgan fingerprint density at radius 1 is 0.889 bits per heavy atom. The fraction of sp³-hybridized carbons (Fsp3) is 0.375. The number of hydrogen-bond acceptors (Lipinski definition) is 2. The highest BCUT2D eigenvalue weighted by atomic mass is 14.8. The minimum absolute atomic E-state index is 0.963. The number of benzene rings is 2. The van der Waals surface area contributed by atoms with E-state index in [1.54, 1.807) is 0 Å². The van der Waals surface area contributed by atoms with E-state index in [4.69, 9.17) is 0 Å². The maximum Gasteiger partial charge on any atom is 0.0205 e. The number of rotatable bonds is 7. The average molecular weight is 242 g/mol. The maximum atomic E-state index is 3.50. The van der Waals surface area contributed by atoms with Crippen LogP contribution in [0.25, 0.3) is 10.8 Å². The Morgan fingerprint density at radius 2 is 1.67 bits per heavy atom. The summed E-state index contributed by atoms with van der Waals surface area (Å²) in [6.45, 7) is 3.16. The minimum Gasteiger partial charge on any atom is -0.320 e. The molecule has 0 aliphatic heterocycles. The van der Waals surface area contributed by atoms with E-state index >= 15 is 0 Å². The van der Waals surface area contributed by atoms with Crippen molar-refractivity contribution in [2.45, 2.75) is 19.4 Å². The molecular formula is C16H22N2. The van der Waals surface area contributed by atoms with Gasteiger partial charge in [0, 0.05) is 6.54 Å². The number of nitrogens with one attached hydrogen (secondary N) is 2. The van der Waals surface area contributed by atoms with Gasteiger partial charge in [0.1, 0.15) is 0 Å². The summed E-state index contributed by atoms with van der Waals surface area (Å²) in [6, 6.07) is 15.2. The van der Waals surface area contributed by atoms with Gasteiger partial charge in [-0.2, -0.15) is 0 Å². The molecule has 18 heavy (non-hydrogen) atoms. The fourth-order valence-electron chi connectivity index (χ4n) is 2.13. The van der Waals surface area contributed by atoms with Crippen molar-refractivity contribution in [3.63, 3.8) is 0 Å². The highest BCUT2D eigenvalue weighted by molar-refractivity contribution is 5.82. The normalized spacial score (nSPS) is 10.9. The number of fused-ring (bicyclic) bond motifs is 1. The van der Waals surface area contributed by atoms with Crippen molar-refractivity contribution in [1.29, 1.82) is 0 Å². The van der Waals surface area contributed by atoms with Gasteiger partial charge in [0.15, 0.2) is 0 Å². The van der Waals surface area contributed by atoms with Crippen molar-refractivity contribution >= 4 is 10.8 Å². The molecule has 2 aromatic rings. The van der Waals surface area contributed by atoms with Gasteiger partial charge in [0.05, 0.1) is 0 Å². The maximum absolute atomic E-state index is 3.50. The first kappa shape index (κ1) is 13.1. The van der Waals surface area contributed by atoms with Crippen LogP contribution < -0.4 is 10.6 Å². The third-order valence-corrected chi connectivity index (χ3v) is 3.17. The van der Waals surface area contributed by atoms with Gasteiger partial charge in [-0.05, 0) is 55.4 Å². The van der Waals surface area contributed by atoms with E-state index in [0.717, 1.165) is 19.6 Å². The molecule has 0 saturated heterocycles. The molecule has 2 rings (SSSR count). The Hall–Kier alpha value is -1.38. The van der Waals surface area contributed by atoms with Gasteiger partial charge in [0.25, 0.3) is 0 Å². The summed E-state index contributed by atoms with van der Waals surface area (Å²) in [5.74, 6) is 0. The van der Waals surface area contributed by atoms with Crippen molar-refractivity contribution in [1.82, 2.24) is 10.6 Å². The van der Waals surface area contributed by atoms with Gasteiger partial charge in [-0.1, -0.05) is 36.4 Å². The standard InChI is InChI=1S/C16H22N2/c1-17-10-4-5-11-18-13-14-8-9-15-6-2-3-7-16(15)12-14/h2-3,6-9,12,17-18H,4-5,10-11,13H2,1H3. The molecule has 0 amide bonds. The van der Waals surface area contributed by atoms with Crippen molar-refractivity contribution in [2.24, 2.45) is 0 Å². The smallest absolute Gasteiger partial charge is 0.0205 e. The molecule has 0 fully saturated rings. The molecule has 0 heterocycles. The van der Waals surface area contributed by atoms with Gasteiger partial charge in [-0.3, -0.25) is 0 Å². The Kier molecular flexibility index (Phi) is 5.18. The van der Waals surface area contributed by atoms with Gasteiger partial charge >= 0.3 is 0 Å². The molecule has 2 N–H and O–H groups in total.